The number of carbonyl (C=O) groups excluding carboxylic acids is 1. The smallest absolute Gasteiger partial charge is 0.426 e. The maximum Gasteiger partial charge on any atom is 0.434 e. The number of nitrogens with zero attached hydrogens (tertiary/aromatic N) is 3. The fourth-order valence-electron chi connectivity index (χ4n) is 5.21. The number of hydrogen-bond donors (Lipinski definition) is 0. The Kier molecular flexibility index (Phi) is 7.09. The Morgan fingerprint density at radius 1 is 0.943 bits per heavy atom. The molecule has 3 saturated heterocycles. The highest BCUT2D eigenvalue weighted by Gasteiger charge is 2.60. The number of likely N-dealkylation sites (tertiary alicyclic amines) is 2. The number of ether oxygens (including phenoxy) is 1. The first kappa shape index (κ1) is 25.8. The number of halogens is 8. The maximum absolute atomic E-state index is 13.8. The van der Waals surface area contributed by atoms with Crippen LogP contribution < -0.4 is 4.90 Å². The molecule has 0 spiro atoms. The minimum Gasteiger partial charge on any atom is -0.426 e. The van der Waals surface area contributed by atoms with Crippen LogP contribution >= 0.6 is 0 Å². The second-order valence-electron chi connectivity index (χ2n) is 9.34. The number of anilines is 1. The molecule has 35 heavy (non-hydrogen) atoms. The van der Waals surface area contributed by atoms with Crippen molar-refractivity contribution in [2.45, 2.75) is 44.3 Å². The summed E-state index contributed by atoms with van der Waals surface area (Å²) >= 11 is 0. The van der Waals surface area contributed by atoms with E-state index in [-0.39, 0.29) is 37.0 Å². The van der Waals surface area contributed by atoms with Gasteiger partial charge < -0.3 is 14.5 Å². The molecule has 4 rings (SSSR count). The number of fused-ring (bicyclic) bond motifs is 1. The van der Waals surface area contributed by atoms with Crippen molar-refractivity contribution in [3.63, 3.8) is 0 Å². The lowest BCUT2D eigenvalue weighted by Gasteiger charge is -2.26. The molecule has 1 amide bonds. The minimum absolute atomic E-state index is 0.0537. The first-order chi connectivity index (χ1) is 16.3. The third-order valence-corrected chi connectivity index (χ3v) is 6.86. The number of alkyl halides is 8. The van der Waals surface area contributed by atoms with Gasteiger partial charge in [-0.05, 0) is 42.4 Å². The van der Waals surface area contributed by atoms with Gasteiger partial charge in [0.15, 0.2) is 0 Å². The van der Waals surface area contributed by atoms with Crippen molar-refractivity contribution in [3.8, 4) is 0 Å². The van der Waals surface area contributed by atoms with Crippen molar-refractivity contribution in [2.75, 3.05) is 44.2 Å². The van der Waals surface area contributed by atoms with Crippen LogP contribution in [0.3, 0.4) is 0 Å². The quantitative estimate of drug-likeness (QED) is 0.504. The molecule has 13 heteroatoms. The Morgan fingerprint density at radius 2 is 1.51 bits per heavy atom. The first-order valence-corrected chi connectivity index (χ1v) is 11.3. The summed E-state index contributed by atoms with van der Waals surface area (Å²) in [5.41, 5.74) is 1.17. The molecule has 2 atom stereocenters. The van der Waals surface area contributed by atoms with Crippen molar-refractivity contribution in [2.24, 2.45) is 11.8 Å². The van der Waals surface area contributed by atoms with E-state index in [9.17, 15) is 39.9 Å². The van der Waals surface area contributed by atoms with Crippen LogP contribution in [0.1, 0.15) is 30.4 Å². The Hall–Kier alpha value is -2.31. The van der Waals surface area contributed by atoms with Crippen molar-refractivity contribution in [1.82, 2.24) is 9.80 Å². The molecule has 1 aromatic rings. The second kappa shape index (κ2) is 9.62. The molecule has 0 saturated carbocycles. The van der Waals surface area contributed by atoms with Gasteiger partial charge in [0.25, 0.3) is 12.5 Å². The standard InChI is InChI=1S/C22H25F8N3O2/c23-18(24)17-7-16(32-5-1-2-6-32)4-3-13(17)8-31-9-14-11-33(12-15(14)10-31)20(34)35-19(21(25,26)27)22(28,29)30/h3-4,7,14-15,18-19H,1-2,5-6,8-12H2. The summed E-state index contributed by atoms with van der Waals surface area (Å²) in [7, 11) is 0. The molecule has 3 aliphatic rings. The number of benzene rings is 1. The van der Waals surface area contributed by atoms with E-state index in [2.05, 4.69) is 9.64 Å². The van der Waals surface area contributed by atoms with Crippen LogP contribution in [0.4, 0.5) is 45.6 Å². The molecule has 2 unspecified atom stereocenters. The lowest BCUT2D eigenvalue weighted by Crippen LogP contribution is -2.48. The van der Waals surface area contributed by atoms with Crippen LogP contribution in [0.25, 0.3) is 0 Å². The highest BCUT2D eigenvalue weighted by atomic mass is 19.4. The largest absolute Gasteiger partial charge is 0.434 e. The number of carbonyl (C=O) groups is 1. The molecule has 0 aliphatic carbocycles. The van der Waals surface area contributed by atoms with Gasteiger partial charge in [-0.2, -0.15) is 26.3 Å². The van der Waals surface area contributed by atoms with Crippen LogP contribution in [-0.2, 0) is 11.3 Å². The Bertz CT molecular complexity index is 889. The van der Waals surface area contributed by atoms with Crippen LogP contribution in [0.5, 0.6) is 0 Å². The molecule has 0 bridgehead atoms. The second-order valence-corrected chi connectivity index (χ2v) is 9.34. The topological polar surface area (TPSA) is 36.0 Å². The molecule has 3 aliphatic heterocycles. The lowest BCUT2D eigenvalue weighted by atomic mass is 10.0. The Morgan fingerprint density at radius 3 is 2.03 bits per heavy atom. The van der Waals surface area contributed by atoms with E-state index in [0.29, 0.717) is 18.7 Å². The van der Waals surface area contributed by atoms with Gasteiger partial charge in [0.2, 0.25) is 0 Å². The molecular formula is C22H25F8N3O2. The summed E-state index contributed by atoms with van der Waals surface area (Å²) in [5.74, 6) is -0.395. The summed E-state index contributed by atoms with van der Waals surface area (Å²) in [6.07, 6.45) is -18.0. The lowest BCUT2D eigenvalue weighted by molar-refractivity contribution is -0.308. The molecule has 3 heterocycles. The maximum atomic E-state index is 13.8. The summed E-state index contributed by atoms with van der Waals surface area (Å²) in [4.78, 5) is 16.9. The van der Waals surface area contributed by atoms with E-state index >= 15 is 0 Å². The molecule has 1 aromatic carbocycles. The highest BCUT2D eigenvalue weighted by molar-refractivity contribution is 5.68. The predicted molar refractivity (Wildman–Crippen MR) is 109 cm³/mol. The number of rotatable bonds is 5. The van der Waals surface area contributed by atoms with Crippen molar-refractivity contribution >= 4 is 11.8 Å². The van der Waals surface area contributed by atoms with Gasteiger partial charge in [-0.3, -0.25) is 4.90 Å². The first-order valence-electron chi connectivity index (χ1n) is 11.3. The molecule has 0 N–H and O–H groups in total. The molecule has 0 aromatic heterocycles. The zero-order chi connectivity index (χ0) is 25.5. The van der Waals surface area contributed by atoms with E-state index in [0.717, 1.165) is 36.5 Å². The van der Waals surface area contributed by atoms with Crippen LogP contribution in [0.15, 0.2) is 18.2 Å². The normalized spacial score (nSPS) is 23.6. The Balaban J connectivity index is 1.35. The van der Waals surface area contributed by atoms with Gasteiger partial charge in [0.1, 0.15) is 0 Å². The highest BCUT2D eigenvalue weighted by Crippen LogP contribution is 2.38. The summed E-state index contributed by atoms with van der Waals surface area (Å²) in [6, 6.07) is 5.01. The van der Waals surface area contributed by atoms with Crippen LogP contribution in [0, 0.1) is 11.8 Å². The predicted octanol–water partition coefficient (Wildman–Crippen LogP) is 5.22. The van der Waals surface area contributed by atoms with Crippen molar-refractivity contribution in [1.29, 1.82) is 0 Å². The summed E-state index contributed by atoms with van der Waals surface area (Å²) in [5, 5.41) is 0. The number of hydrogen-bond acceptors (Lipinski definition) is 4. The van der Waals surface area contributed by atoms with Crippen LogP contribution in [0.2, 0.25) is 0 Å². The van der Waals surface area contributed by atoms with E-state index in [1.54, 1.807) is 6.07 Å². The fraction of sp³-hybridized carbons (Fsp3) is 0.682. The minimum atomic E-state index is -5.77. The molecule has 196 valence electrons. The zero-order valence-corrected chi connectivity index (χ0v) is 18.6. The molecule has 3 fully saturated rings. The van der Waals surface area contributed by atoms with Crippen molar-refractivity contribution in [3.05, 3.63) is 29.3 Å². The van der Waals surface area contributed by atoms with Gasteiger partial charge in [-0.1, -0.05) is 6.07 Å². The summed E-state index contributed by atoms with van der Waals surface area (Å²) < 4.78 is 107. The van der Waals surface area contributed by atoms with Gasteiger partial charge in [0, 0.05) is 57.1 Å². The molecule has 5 nitrogen and oxygen atoms in total. The van der Waals surface area contributed by atoms with Gasteiger partial charge in [-0.15, -0.1) is 0 Å². The fourth-order valence-corrected chi connectivity index (χ4v) is 5.21. The van der Waals surface area contributed by atoms with E-state index in [1.807, 2.05) is 11.0 Å². The molecule has 0 radical (unpaired) electrons. The average molecular weight is 515 g/mol. The van der Waals surface area contributed by atoms with Crippen LogP contribution in [-0.4, -0.2) is 73.6 Å². The third kappa shape index (κ3) is 5.75. The third-order valence-electron chi connectivity index (χ3n) is 6.86. The number of amides is 1. The monoisotopic (exact) mass is 515 g/mol. The van der Waals surface area contributed by atoms with Crippen molar-refractivity contribution < 1.29 is 44.7 Å². The zero-order valence-electron chi connectivity index (χ0n) is 18.6. The van der Waals surface area contributed by atoms with Gasteiger partial charge >= 0.3 is 18.4 Å². The average Bonchev–Trinajstić information content (AvgIpc) is 3.47. The van der Waals surface area contributed by atoms with Gasteiger partial charge in [-0.25, -0.2) is 13.6 Å². The summed E-state index contributed by atoms with van der Waals surface area (Å²) in [6.45, 7) is 2.53. The van der Waals surface area contributed by atoms with E-state index < -0.39 is 31.0 Å². The van der Waals surface area contributed by atoms with E-state index in [1.165, 1.54) is 6.07 Å². The molecular weight excluding hydrogens is 490 g/mol. The van der Waals surface area contributed by atoms with Gasteiger partial charge in [0.05, 0.1) is 0 Å². The SMILES string of the molecule is O=C(OC(C(F)(F)F)C(F)(F)F)N1CC2CN(Cc3ccc(N4CCCC4)cc3C(F)F)CC2C1. The Labute approximate surface area is 196 Å². The van der Waals surface area contributed by atoms with E-state index in [4.69, 9.17) is 0 Å².